The molecule has 0 aliphatic carbocycles. The highest BCUT2D eigenvalue weighted by atomic mass is 79.9. The van der Waals surface area contributed by atoms with Gasteiger partial charge in [-0.25, -0.2) is 0 Å². The van der Waals surface area contributed by atoms with Gasteiger partial charge in [-0.1, -0.05) is 6.07 Å². The summed E-state index contributed by atoms with van der Waals surface area (Å²) in [5, 5.41) is 9.19. The molecule has 3 rings (SSSR count). The number of thiophene rings is 1. The number of aromatic amines is 1. The molecular weight excluding hydrogens is 358 g/mol. The number of methoxy groups -OCH3 is 1. The van der Waals surface area contributed by atoms with Crippen LogP contribution in [0.5, 0.6) is 5.75 Å². The van der Waals surface area contributed by atoms with Gasteiger partial charge in [-0.05, 0) is 51.7 Å². The monoisotopic (exact) mass is 367 g/mol. The molecule has 0 aliphatic rings. The summed E-state index contributed by atoms with van der Waals surface area (Å²) in [5.74, 6) is 1.56. The predicted octanol–water partition coefficient (Wildman–Crippen LogP) is 4.43. The molecule has 102 valence electrons. The maximum atomic E-state index is 5.36. The lowest BCUT2D eigenvalue weighted by molar-refractivity contribution is 0.414. The molecule has 0 atom stereocenters. The SMILES string of the molecule is COc1ccc(Br)c(-n2c(-c3cccs3)n[nH]c2=S)c1. The summed E-state index contributed by atoms with van der Waals surface area (Å²) in [4.78, 5) is 1.05. The molecule has 0 spiro atoms. The normalized spacial score (nSPS) is 10.7. The van der Waals surface area contributed by atoms with Crippen LogP contribution in [0.4, 0.5) is 0 Å². The second-order valence-electron chi connectivity index (χ2n) is 3.98. The van der Waals surface area contributed by atoms with Gasteiger partial charge in [0.25, 0.3) is 0 Å². The Morgan fingerprint density at radius 2 is 2.25 bits per heavy atom. The highest BCUT2D eigenvalue weighted by Crippen LogP contribution is 2.31. The smallest absolute Gasteiger partial charge is 0.200 e. The molecule has 0 unspecified atom stereocenters. The molecule has 0 saturated carbocycles. The van der Waals surface area contributed by atoms with Crippen LogP contribution in [0.15, 0.2) is 40.2 Å². The van der Waals surface area contributed by atoms with Gasteiger partial charge in [0.05, 0.1) is 17.7 Å². The van der Waals surface area contributed by atoms with E-state index in [1.54, 1.807) is 18.4 Å². The van der Waals surface area contributed by atoms with Gasteiger partial charge in [0.1, 0.15) is 5.75 Å². The van der Waals surface area contributed by atoms with Gasteiger partial charge in [-0.3, -0.25) is 9.67 Å². The van der Waals surface area contributed by atoms with E-state index < -0.39 is 0 Å². The quantitative estimate of drug-likeness (QED) is 0.696. The number of H-pyrrole nitrogens is 1. The Balaban J connectivity index is 2.25. The van der Waals surface area contributed by atoms with Crippen molar-refractivity contribution < 1.29 is 4.74 Å². The van der Waals surface area contributed by atoms with Gasteiger partial charge in [0.15, 0.2) is 10.6 Å². The molecule has 1 aromatic carbocycles. The number of rotatable bonds is 3. The van der Waals surface area contributed by atoms with Crippen molar-refractivity contribution in [3.05, 3.63) is 45.0 Å². The standard InChI is InChI=1S/C13H10BrN3OS2/c1-18-8-4-5-9(14)10(7-8)17-12(15-16-13(17)19)11-3-2-6-20-11/h2-7H,1H3,(H,16,19). The summed E-state index contributed by atoms with van der Waals surface area (Å²) < 4.78 is 8.65. The van der Waals surface area contributed by atoms with Crippen molar-refractivity contribution in [3.8, 4) is 22.1 Å². The fourth-order valence-electron chi connectivity index (χ4n) is 1.88. The van der Waals surface area contributed by atoms with E-state index in [1.165, 1.54) is 0 Å². The first-order chi connectivity index (χ1) is 9.70. The minimum atomic E-state index is 0.544. The first kappa shape index (κ1) is 13.5. The van der Waals surface area contributed by atoms with Crippen LogP contribution in [0, 0.1) is 4.77 Å². The lowest BCUT2D eigenvalue weighted by Gasteiger charge is -2.10. The van der Waals surface area contributed by atoms with Crippen LogP contribution in [-0.2, 0) is 0 Å². The topological polar surface area (TPSA) is 42.8 Å². The Morgan fingerprint density at radius 3 is 2.95 bits per heavy atom. The van der Waals surface area contributed by atoms with E-state index >= 15 is 0 Å². The van der Waals surface area contributed by atoms with E-state index in [2.05, 4.69) is 26.1 Å². The maximum Gasteiger partial charge on any atom is 0.200 e. The summed E-state index contributed by atoms with van der Waals surface area (Å²) in [6.45, 7) is 0. The Kier molecular flexibility index (Phi) is 3.73. The van der Waals surface area contributed by atoms with Crippen LogP contribution < -0.4 is 4.74 Å². The number of nitrogens with zero attached hydrogens (tertiary/aromatic N) is 2. The lowest BCUT2D eigenvalue weighted by Crippen LogP contribution is -1.99. The Bertz CT molecular complexity index is 792. The van der Waals surface area contributed by atoms with Crippen molar-refractivity contribution in [2.75, 3.05) is 7.11 Å². The Labute approximate surface area is 133 Å². The zero-order valence-electron chi connectivity index (χ0n) is 10.5. The van der Waals surface area contributed by atoms with E-state index in [0.717, 1.165) is 26.6 Å². The Hall–Kier alpha value is -1.44. The third kappa shape index (κ3) is 2.32. The second kappa shape index (κ2) is 5.51. The summed E-state index contributed by atoms with van der Waals surface area (Å²) >= 11 is 10.5. The van der Waals surface area contributed by atoms with Crippen LogP contribution in [-0.4, -0.2) is 21.9 Å². The number of hydrogen-bond donors (Lipinski definition) is 1. The van der Waals surface area contributed by atoms with Crippen molar-refractivity contribution in [1.29, 1.82) is 0 Å². The third-order valence-electron chi connectivity index (χ3n) is 2.81. The zero-order valence-corrected chi connectivity index (χ0v) is 13.7. The van der Waals surface area contributed by atoms with Gasteiger partial charge < -0.3 is 4.74 Å². The number of nitrogens with one attached hydrogen (secondary N) is 1. The minimum absolute atomic E-state index is 0.544. The number of benzene rings is 1. The predicted molar refractivity (Wildman–Crippen MR) is 86.3 cm³/mol. The second-order valence-corrected chi connectivity index (χ2v) is 6.17. The molecule has 3 aromatic rings. The summed E-state index contributed by atoms with van der Waals surface area (Å²) in [5.41, 5.74) is 0.895. The van der Waals surface area contributed by atoms with Gasteiger partial charge in [0, 0.05) is 10.5 Å². The summed E-state index contributed by atoms with van der Waals surface area (Å²) in [7, 11) is 1.64. The molecule has 0 bridgehead atoms. The zero-order chi connectivity index (χ0) is 14.1. The van der Waals surface area contributed by atoms with Gasteiger partial charge >= 0.3 is 0 Å². The van der Waals surface area contributed by atoms with Crippen molar-refractivity contribution in [2.45, 2.75) is 0 Å². The van der Waals surface area contributed by atoms with Gasteiger partial charge in [-0.15, -0.1) is 11.3 Å². The van der Waals surface area contributed by atoms with E-state index in [4.69, 9.17) is 17.0 Å². The molecule has 1 N–H and O–H groups in total. The molecule has 0 aliphatic heterocycles. The van der Waals surface area contributed by atoms with E-state index in [1.807, 2.05) is 40.3 Å². The molecule has 2 aromatic heterocycles. The third-order valence-corrected chi connectivity index (χ3v) is 4.62. The molecule has 0 amide bonds. The molecule has 0 fully saturated rings. The number of aromatic nitrogens is 3. The molecule has 4 nitrogen and oxygen atoms in total. The highest BCUT2D eigenvalue weighted by molar-refractivity contribution is 9.10. The highest BCUT2D eigenvalue weighted by Gasteiger charge is 2.14. The lowest BCUT2D eigenvalue weighted by atomic mass is 10.3. The first-order valence-electron chi connectivity index (χ1n) is 5.76. The van der Waals surface area contributed by atoms with Crippen molar-refractivity contribution in [3.63, 3.8) is 0 Å². The molecule has 2 heterocycles. The first-order valence-corrected chi connectivity index (χ1v) is 7.84. The van der Waals surface area contributed by atoms with Crippen LogP contribution in [0.3, 0.4) is 0 Å². The van der Waals surface area contributed by atoms with Crippen molar-refractivity contribution in [2.24, 2.45) is 0 Å². The van der Waals surface area contributed by atoms with Gasteiger partial charge in [-0.2, -0.15) is 5.10 Å². The molecule has 20 heavy (non-hydrogen) atoms. The van der Waals surface area contributed by atoms with Crippen LogP contribution >= 0.6 is 39.5 Å². The largest absolute Gasteiger partial charge is 0.497 e. The summed E-state index contributed by atoms with van der Waals surface area (Å²) in [6.07, 6.45) is 0. The van der Waals surface area contributed by atoms with Crippen LogP contribution in [0.25, 0.3) is 16.4 Å². The van der Waals surface area contributed by atoms with Gasteiger partial charge in [0.2, 0.25) is 0 Å². The average molecular weight is 368 g/mol. The number of ether oxygens (including phenoxy) is 1. The van der Waals surface area contributed by atoms with E-state index in [0.29, 0.717) is 4.77 Å². The van der Waals surface area contributed by atoms with Crippen LogP contribution in [0.1, 0.15) is 0 Å². The number of halogens is 1. The maximum absolute atomic E-state index is 5.36. The Morgan fingerprint density at radius 1 is 1.40 bits per heavy atom. The van der Waals surface area contributed by atoms with Crippen LogP contribution in [0.2, 0.25) is 0 Å². The minimum Gasteiger partial charge on any atom is -0.497 e. The molecular formula is C13H10BrN3OS2. The van der Waals surface area contributed by atoms with Crippen molar-refractivity contribution >= 4 is 39.5 Å². The summed E-state index contributed by atoms with van der Waals surface area (Å²) in [6, 6.07) is 9.75. The fourth-order valence-corrected chi connectivity index (χ4v) is 3.24. The molecule has 7 heteroatoms. The van der Waals surface area contributed by atoms with E-state index in [9.17, 15) is 0 Å². The van der Waals surface area contributed by atoms with E-state index in [-0.39, 0.29) is 0 Å². The molecule has 0 saturated heterocycles. The van der Waals surface area contributed by atoms with Crippen molar-refractivity contribution in [1.82, 2.24) is 14.8 Å². The fraction of sp³-hybridized carbons (Fsp3) is 0.0769. The average Bonchev–Trinajstić information content (AvgIpc) is 3.09. The number of hydrogen-bond acceptors (Lipinski definition) is 4. The molecule has 0 radical (unpaired) electrons.